The van der Waals surface area contributed by atoms with Crippen molar-refractivity contribution in [1.29, 1.82) is 0 Å². The van der Waals surface area contributed by atoms with Crippen molar-refractivity contribution in [1.82, 2.24) is 14.3 Å². The molecule has 2 heterocycles. The molecule has 0 bridgehead atoms. The highest BCUT2D eigenvalue weighted by molar-refractivity contribution is 7.09. The molecule has 4 nitrogen and oxygen atoms in total. The van der Waals surface area contributed by atoms with Crippen LogP contribution >= 0.6 is 11.5 Å². The molecule has 0 amide bonds. The maximum atomic E-state index is 4.13. The van der Waals surface area contributed by atoms with Crippen LogP contribution in [0.25, 0.3) is 0 Å². The van der Waals surface area contributed by atoms with E-state index in [0.29, 0.717) is 5.41 Å². The lowest BCUT2D eigenvalue weighted by Gasteiger charge is -2.37. The van der Waals surface area contributed by atoms with Gasteiger partial charge in [0.05, 0.1) is 0 Å². The number of piperidine rings is 1. The molecule has 1 aromatic heterocycles. The average Bonchev–Trinajstić information content (AvgIpc) is 2.73. The number of rotatable bonds is 3. The Morgan fingerprint density at radius 3 is 2.87 bits per heavy atom. The molecule has 1 aromatic rings. The Morgan fingerprint density at radius 1 is 1.53 bits per heavy atom. The molecule has 0 radical (unpaired) electrons. The molecule has 0 aromatic carbocycles. The summed E-state index contributed by atoms with van der Waals surface area (Å²) >= 11 is 1.43. The molecule has 15 heavy (non-hydrogen) atoms. The highest BCUT2D eigenvalue weighted by Gasteiger charge is 2.28. The van der Waals surface area contributed by atoms with E-state index in [9.17, 15) is 0 Å². The first-order valence-corrected chi connectivity index (χ1v) is 6.14. The van der Waals surface area contributed by atoms with Gasteiger partial charge in [0.2, 0.25) is 5.13 Å². The Morgan fingerprint density at radius 2 is 2.27 bits per heavy atom. The summed E-state index contributed by atoms with van der Waals surface area (Å²) in [5, 5.41) is 4.32. The molecule has 1 aliphatic heterocycles. The van der Waals surface area contributed by atoms with Gasteiger partial charge in [-0.1, -0.05) is 6.92 Å². The van der Waals surface area contributed by atoms with Crippen molar-refractivity contribution in [3.8, 4) is 0 Å². The molecule has 1 fully saturated rings. The molecule has 0 atom stereocenters. The van der Waals surface area contributed by atoms with E-state index in [2.05, 4.69) is 33.5 Å². The Balaban J connectivity index is 1.83. The fraction of sp³-hybridized carbons (Fsp3) is 0.800. The molecule has 0 unspecified atom stereocenters. The third-order valence-corrected chi connectivity index (χ3v) is 3.84. The van der Waals surface area contributed by atoms with E-state index in [1.54, 1.807) is 6.33 Å². The average molecular weight is 226 g/mol. The first kappa shape index (κ1) is 10.8. The Hall–Kier alpha value is -0.680. The van der Waals surface area contributed by atoms with Gasteiger partial charge < -0.3 is 10.2 Å². The summed E-state index contributed by atoms with van der Waals surface area (Å²) in [4.78, 5) is 6.53. The highest BCUT2D eigenvalue weighted by atomic mass is 32.1. The first-order valence-electron chi connectivity index (χ1n) is 5.37. The van der Waals surface area contributed by atoms with E-state index in [4.69, 9.17) is 0 Å². The van der Waals surface area contributed by atoms with E-state index >= 15 is 0 Å². The molecule has 0 aliphatic carbocycles. The van der Waals surface area contributed by atoms with Crippen LogP contribution < -0.4 is 5.32 Å². The second kappa shape index (κ2) is 4.45. The van der Waals surface area contributed by atoms with Gasteiger partial charge in [-0.05, 0) is 38.4 Å². The van der Waals surface area contributed by atoms with Gasteiger partial charge in [-0.15, -0.1) is 0 Å². The van der Waals surface area contributed by atoms with Crippen LogP contribution in [0, 0.1) is 5.41 Å². The minimum Gasteiger partial charge on any atom is -0.360 e. The van der Waals surface area contributed by atoms with E-state index in [1.165, 1.54) is 37.5 Å². The van der Waals surface area contributed by atoms with E-state index < -0.39 is 0 Å². The second-order valence-corrected chi connectivity index (χ2v) is 5.49. The third-order valence-electron chi connectivity index (χ3n) is 3.22. The summed E-state index contributed by atoms with van der Waals surface area (Å²) in [6.45, 7) is 5.77. The van der Waals surface area contributed by atoms with Gasteiger partial charge in [0.1, 0.15) is 6.33 Å². The largest absolute Gasteiger partial charge is 0.360 e. The van der Waals surface area contributed by atoms with Gasteiger partial charge in [-0.3, -0.25) is 0 Å². The Kier molecular flexibility index (Phi) is 3.21. The summed E-state index contributed by atoms with van der Waals surface area (Å²) in [6, 6.07) is 0. The van der Waals surface area contributed by atoms with Crippen molar-refractivity contribution in [3.63, 3.8) is 0 Å². The van der Waals surface area contributed by atoms with E-state index in [1.807, 2.05) is 0 Å². The highest BCUT2D eigenvalue weighted by Crippen LogP contribution is 2.30. The second-order valence-electron chi connectivity index (χ2n) is 4.71. The topological polar surface area (TPSA) is 41.0 Å². The lowest BCUT2D eigenvalue weighted by molar-refractivity contribution is 0.150. The molecule has 5 heteroatoms. The number of nitrogens with zero attached hydrogens (tertiary/aromatic N) is 3. The van der Waals surface area contributed by atoms with Crippen molar-refractivity contribution in [2.75, 3.05) is 32.0 Å². The van der Waals surface area contributed by atoms with E-state index in [0.717, 1.165) is 11.7 Å². The van der Waals surface area contributed by atoms with Crippen molar-refractivity contribution in [2.45, 2.75) is 19.8 Å². The van der Waals surface area contributed by atoms with Crippen molar-refractivity contribution < 1.29 is 0 Å². The van der Waals surface area contributed by atoms with Gasteiger partial charge >= 0.3 is 0 Å². The number of hydrogen-bond donors (Lipinski definition) is 1. The van der Waals surface area contributed by atoms with Crippen molar-refractivity contribution in [2.24, 2.45) is 5.41 Å². The van der Waals surface area contributed by atoms with Gasteiger partial charge in [0.25, 0.3) is 0 Å². The zero-order chi connectivity index (χ0) is 10.7. The van der Waals surface area contributed by atoms with Crippen LogP contribution in [0.3, 0.4) is 0 Å². The maximum Gasteiger partial charge on any atom is 0.202 e. The molecule has 0 spiro atoms. The van der Waals surface area contributed by atoms with Gasteiger partial charge in [0, 0.05) is 18.1 Å². The molecule has 0 saturated carbocycles. The van der Waals surface area contributed by atoms with Crippen LogP contribution in [0.15, 0.2) is 6.33 Å². The smallest absolute Gasteiger partial charge is 0.202 e. The fourth-order valence-electron chi connectivity index (χ4n) is 1.88. The maximum absolute atomic E-state index is 4.13. The SMILES string of the molecule is CN1CCC(C)(CNc2ncns2)CC1. The standard InChI is InChI=1S/C10H18N4S/c1-10(3-5-14(2)6-4-10)7-11-9-12-8-13-15-9/h8H,3-7H2,1-2H3,(H,11,12,13). The minimum absolute atomic E-state index is 0.415. The third kappa shape index (κ3) is 2.89. The zero-order valence-electron chi connectivity index (χ0n) is 9.36. The molecule has 1 aliphatic rings. The van der Waals surface area contributed by atoms with Crippen LogP contribution in [0.4, 0.5) is 5.13 Å². The summed E-state index contributed by atoms with van der Waals surface area (Å²) in [6.07, 6.45) is 4.12. The monoisotopic (exact) mass is 226 g/mol. The molecule has 2 rings (SSSR count). The van der Waals surface area contributed by atoms with E-state index in [-0.39, 0.29) is 0 Å². The Labute approximate surface area is 94.9 Å². The van der Waals surface area contributed by atoms with Gasteiger partial charge in [-0.25, -0.2) is 4.98 Å². The molecule has 1 N–H and O–H groups in total. The predicted octanol–water partition coefficient (Wildman–Crippen LogP) is 1.68. The minimum atomic E-state index is 0.415. The van der Waals surface area contributed by atoms with Crippen molar-refractivity contribution >= 4 is 16.7 Å². The number of aromatic nitrogens is 2. The molecular formula is C10H18N4S. The summed E-state index contributed by atoms with van der Waals surface area (Å²) < 4.78 is 3.98. The number of nitrogens with one attached hydrogen (secondary N) is 1. The normalized spacial score (nSPS) is 21.5. The zero-order valence-corrected chi connectivity index (χ0v) is 10.2. The number of anilines is 1. The fourth-order valence-corrected chi connectivity index (χ4v) is 2.30. The van der Waals surface area contributed by atoms with Crippen LogP contribution in [-0.2, 0) is 0 Å². The predicted molar refractivity (Wildman–Crippen MR) is 63.2 cm³/mol. The number of hydrogen-bond acceptors (Lipinski definition) is 5. The van der Waals surface area contributed by atoms with Crippen LogP contribution in [0.1, 0.15) is 19.8 Å². The number of likely N-dealkylation sites (tertiary alicyclic amines) is 1. The first-order chi connectivity index (χ1) is 7.18. The van der Waals surface area contributed by atoms with Gasteiger partial charge in [0.15, 0.2) is 0 Å². The van der Waals surface area contributed by atoms with Crippen LogP contribution in [-0.4, -0.2) is 40.9 Å². The van der Waals surface area contributed by atoms with Crippen LogP contribution in [0.5, 0.6) is 0 Å². The van der Waals surface area contributed by atoms with Gasteiger partial charge in [-0.2, -0.15) is 4.37 Å². The van der Waals surface area contributed by atoms with Crippen LogP contribution in [0.2, 0.25) is 0 Å². The summed E-state index contributed by atoms with van der Waals surface area (Å²) in [7, 11) is 2.19. The lowest BCUT2D eigenvalue weighted by Crippen LogP contribution is -2.40. The molecule has 1 saturated heterocycles. The molecule has 84 valence electrons. The lowest BCUT2D eigenvalue weighted by atomic mass is 9.80. The molecular weight excluding hydrogens is 208 g/mol. The van der Waals surface area contributed by atoms with Crippen molar-refractivity contribution in [3.05, 3.63) is 6.33 Å². The Bertz CT molecular complexity index is 290. The quantitative estimate of drug-likeness (QED) is 0.851. The summed E-state index contributed by atoms with van der Waals surface area (Å²) in [5.74, 6) is 0. The summed E-state index contributed by atoms with van der Waals surface area (Å²) in [5.41, 5.74) is 0.415.